The van der Waals surface area contributed by atoms with Crippen LogP contribution in [0.5, 0.6) is 11.5 Å². The lowest BCUT2D eigenvalue weighted by Gasteiger charge is -2.29. The first kappa shape index (κ1) is 22.9. The van der Waals surface area contributed by atoms with Gasteiger partial charge in [0, 0.05) is 30.7 Å². The van der Waals surface area contributed by atoms with Crippen molar-refractivity contribution < 1.29 is 14.3 Å². The summed E-state index contributed by atoms with van der Waals surface area (Å²) in [5.41, 5.74) is 3.19. The number of anilines is 1. The summed E-state index contributed by atoms with van der Waals surface area (Å²) in [4.78, 5) is 30.3. The topological polar surface area (TPSA) is 82.4 Å². The van der Waals surface area contributed by atoms with E-state index >= 15 is 0 Å². The number of aromatic nitrogens is 2. The summed E-state index contributed by atoms with van der Waals surface area (Å²) in [5, 5.41) is 3.45. The molecule has 0 bridgehead atoms. The lowest BCUT2D eigenvalue weighted by molar-refractivity contribution is -0.116. The minimum Gasteiger partial charge on any atom is -0.493 e. The third-order valence-electron chi connectivity index (χ3n) is 5.68. The number of ether oxygens (including phenoxy) is 2. The SMILES string of the molecule is CCOc1c(OC)cccc1[C@@H]1CC(=O)Nc2c1c(=O)nc(SCc1ccc(C)cc1)n2C. The largest absolute Gasteiger partial charge is 0.493 e. The molecule has 33 heavy (non-hydrogen) atoms. The van der Waals surface area contributed by atoms with E-state index in [-0.39, 0.29) is 17.9 Å². The van der Waals surface area contributed by atoms with Crippen LogP contribution in [-0.2, 0) is 17.6 Å². The number of hydrogen-bond acceptors (Lipinski definition) is 6. The normalized spacial score (nSPS) is 15.0. The minimum absolute atomic E-state index is 0.132. The molecule has 7 nitrogen and oxygen atoms in total. The number of para-hydroxylation sites is 1. The molecule has 1 aliphatic heterocycles. The molecule has 4 rings (SSSR count). The van der Waals surface area contributed by atoms with Crippen molar-refractivity contribution in [2.45, 2.75) is 37.1 Å². The van der Waals surface area contributed by atoms with Crippen molar-refractivity contribution in [2.24, 2.45) is 7.05 Å². The Morgan fingerprint density at radius 3 is 2.64 bits per heavy atom. The van der Waals surface area contributed by atoms with Crippen molar-refractivity contribution in [3.63, 3.8) is 0 Å². The Balaban J connectivity index is 1.75. The second-order valence-corrected chi connectivity index (χ2v) is 8.85. The zero-order valence-electron chi connectivity index (χ0n) is 19.2. The van der Waals surface area contributed by atoms with Crippen molar-refractivity contribution in [3.05, 3.63) is 75.1 Å². The number of methoxy groups -OCH3 is 1. The quantitative estimate of drug-likeness (QED) is 0.415. The van der Waals surface area contributed by atoms with Crippen molar-refractivity contribution in [2.75, 3.05) is 19.0 Å². The molecule has 2 heterocycles. The molecule has 0 saturated heterocycles. The highest BCUT2D eigenvalue weighted by Crippen LogP contribution is 2.43. The van der Waals surface area contributed by atoms with Gasteiger partial charge in [-0.3, -0.25) is 9.59 Å². The number of nitrogens with zero attached hydrogens (tertiary/aromatic N) is 2. The molecule has 0 radical (unpaired) electrons. The third kappa shape index (κ3) is 4.61. The van der Waals surface area contributed by atoms with E-state index in [9.17, 15) is 9.59 Å². The van der Waals surface area contributed by atoms with Gasteiger partial charge in [0.25, 0.3) is 5.56 Å². The summed E-state index contributed by atoms with van der Waals surface area (Å²) < 4.78 is 13.1. The Labute approximate surface area is 197 Å². The number of carbonyl (C=O) groups is 1. The monoisotopic (exact) mass is 465 g/mol. The van der Waals surface area contributed by atoms with Gasteiger partial charge in [-0.25, -0.2) is 0 Å². The van der Waals surface area contributed by atoms with Crippen molar-refractivity contribution >= 4 is 23.5 Å². The highest BCUT2D eigenvalue weighted by molar-refractivity contribution is 7.98. The standard InChI is InChI=1S/C25H27N3O4S/c1-5-32-22-17(7-6-8-19(22)31-4)18-13-20(29)26-23-21(18)24(30)27-25(28(23)3)33-14-16-11-9-15(2)10-12-16/h6-12,18H,5,13-14H2,1-4H3,(H,26,29)/t18-/m0/s1. The van der Waals surface area contributed by atoms with Crippen LogP contribution in [0.2, 0.25) is 0 Å². The van der Waals surface area contributed by atoms with Crippen LogP contribution in [0.15, 0.2) is 52.4 Å². The van der Waals surface area contributed by atoms with Gasteiger partial charge in [0.05, 0.1) is 19.3 Å². The molecule has 1 N–H and O–H groups in total. The van der Waals surface area contributed by atoms with Crippen molar-refractivity contribution in [3.8, 4) is 11.5 Å². The zero-order valence-corrected chi connectivity index (χ0v) is 20.0. The molecule has 0 saturated carbocycles. The van der Waals surface area contributed by atoms with Crippen LogP contribution in [0.1, 0.15) is 41.5 Å². The van der Waals surface area contributed by atoms with Gasteiger partial charge in [-0.05, 0) is 25.5 Å². The van der Waals surface area contributed by atoms with Crippen LogP contribution < -0.4 is 20.3 Å². The molecule has 0 spiro atoms. The van der Waals surface area contributed by atoms with Crippen LogP contribution in [0, 0.1) is 6.92 Å². The molecule has 1 aliphatic rings. The van der Waals surface area contributed by atoms with E-state index < -0.39 is 5.92 Å². The van der Waals surface area contributed by atoms with Gasteiger partial charge in [0.15, 0.2) is 16.7 Å². The molecular weight excluding hydrogens is 438 g/mol. The average Bonchev–Trinajstić information content (AvgIpc) is 2.81. The van der Waals surface area contributed by atoms with Crippen molar-refractivity contribution in [1.82, 2.24) is 9.55 Å². The maximum atomic E-state index is 13.2. The average molecular weight is 466 g/mol. The Hall–Kier alpha value is -3.26. The molecule has 172 valence electrons. The van der Waals surface area contributed by atoms with Crippen molar-refractivity contribution in [1.29, 1.82) is 0 Å². The molecule has 0 unspecified atom stereocenters. The molecular formula is C25H27N3O4S. The molecule has 0 aliphatic carbocycles. The molecule has 1 aromatic heterocycles. The predicted molar refractivity (Wildman–Crippen MR) is 129 cm³/mol. The fraction of sp³-hybridized carbons (Fsp3) is 0.320. The van der Waals surface area contributed by atoms with Gasteiger partial charge in [0.1, 0.15) is 5.82 Å². The fourth-order valence-corrected chi connectivity index (χ4v) is 4.95. The summed E-state index contributed by atoms with van der Waals surface area (Å²) in [6.07, 6.45) is 0.132. The molecule has 0 fully saturated rings. The van der Waals surface area contributed by atoms with Gasteiger partial charge >= 0.3 is 0 Å². The number of fused-ring (bicyclic) bond motifs is 1. The Bertz CT molecular complexity index is 1240. The summed E-state index contributed by atoms with van der Waals surface area (Å²) in [6, 6.07) is 13.8. The number of benzene rings is 2. The summed E-state index contributed by atoms with van der Waals surface area (Å²) in [7, 11) is 3.39. The first-order valence-electron chi connectivity index (χ1n) is 10.8. The van der Waals surface area contributed by atoms with E-state index in [4.69, 9.17) is 9.47 Å². The van der Waals surface area contributed by atoms with Gasteiger partial charge in [0.2, 0.25) is 5.91 Å². The maximum absolute atomic E-state index is 13.2. The maximum Gasteiger partial charge on any atom is 0.279 e. The van der Waals surface area contributed by atoms with Crippen LogP contribution in [0.3, 0.4) is 0 Å². The molecule has 2 aromatic carbocycles. The van der Waals surface area contributed by atoms with E-state index in [1.165, 1.54) is 17.3 Å². The van der Waals surface area contributed by atoms with Crippen LogP contribution in [0.4, 0.5) is 5.82 Å². The molecule has 1 amide bonds. The number of nitrogens with one attached hydrogen (secondary N) is 1. The lowest BCUT2D eigenvalue weighted by Crippen LogP contribution is -2.33. The zero-order chi connectivity index (χ0) is 23.5. The Morgan fingerprint density at radius 1 is 1.18 bits per heavy atom. The lowest BCUT2D eigenvalue weighted by atomic mass is 9.86. The van der Waals surface area contributed by atoms with Gasteiger partial charge in [-0.2, -0.15) is 4.98 Å². The van der Waals surface area contributed by atoms with E-state index in [0.717, 1.165) is 11.1 Å². The predicted octanol–water partition coefficient (Wildman–Crippen LogP) is 4.26. The number of aryl methyl sites for hydroxylation is 1. The van der Waals surface area contributed by atoms with Gasteiger partial charge in [-0.15, -0.1) is 0 Å². The van der Waals surface area contributed by atoms with Gasteiger partial charge in [-0.1, -0.05) is 53.7 Å². The first-order valence-corrected chi connectivity index (χ1v) is 11.8. The van der Waals surface area contributed by atoms with E-state index in [2.05, 4.69) is 34.6 Å². The number of amides is 1. The van der Waals surface area contributed by atoms with Crippen LogP contribution in [0.25, 0.3) is 0 Å². The minimum atomic E-state index is -0.479. The molecule has 3 aromatic rings. The van der Waals surface area contributed by atoms with Crippen LogP contribution in [-0.4, -0.2) is 29.2 Å². The Morgan fingerprint density at radius 2 is 1.94 bits per heavy atom. The fourth-order valence-electron chi connectivity index (χ4n) is 4.03. The van der Waals surface area contributed by atoms with E-state index in [1.807, 2.05) is 33.0 Å². The number of rotatable bonds is 7. The number of carbonyl (C=O) groups excluding carboxylic acids is 1. The smallest absolute Gasteiger partial charge is 0.279 e. The molecule has 8 heteroatoms. The Kier molecular flexibility index (Phi) is 6.74. The summed E-state index contributed by atoms with van der Waals surface area (Å²) in [5.74, 6) is 1.63. The first-order chi connectivity index (χ1) is 15.9. The number of hydrogen-bond donors (Lipinski definition) is 1. The van der Waals surface area contributed by atoms with E-state index in [1.54, 1.807) is 17.7 Å². The third-order valence-corrected chi connectivity index (χ3v) is 6.78. The second kappa shape index (κ2) is 9.70. The van der Waals surface area contributed by atoms with Gasteiger partial charge < -0.3 is 19.4 Å². The summed E-state index contributed by atoms with van der Waals surface area (Å²) in [6.45, 7) is 4.37. The molecule has 1 atom stereocenters. The van der Waals surface area contributed by atoms with E-state index in [0.29, 0.717) is 40.4 Å². The second-order valence-electron chi connectivity index (χ2n) is 7.91. The van der Waals surface area contributed by atoms with Crippen LogP contribution >= 0.6 is 11.8 Å². The summed E-state index contributed by atoms with van der Waals surface area (Å²) >= 11 is 1.46. The highest BCUT2D eigenvalue weighted by Gasteiger charge is 2.34. The number of thioether (sulfide) groups is 1. The highest BCUT2D eigenvalue weighted by atomic mass is 32.2.